The van der Waals surface area contributed by atoms with Crippen molar-refractivity contribution < 1.29 is 12.6 Å². The first-order valence-electron chi connectivity index (χ1n) is 11.7. The highest BCUT2D eigenvalue weighted by molar-refractivity contribution is 7.87. The summed E-state index contributed by atoms with van der Waals surface area (Å²) in [4.78, 5) is 2.18. The minimum atomic E-state index is -3.99. The molecule has 0 N–H and O–H groups in total. The van der Waals surface area contributed by atoms with E-state index in [9.17, 15) is 8.42 Å². The van der Waals surface area contributed by atoms with E-state index in [0.717, 1.165) is 28.2 Å². The van der Waals surface area contributed by atoms with Crippen molar-refractivity contribution in [1.82, 2.24) is 0 Å². The van der Waals surface area contributed by atoms with Crippen molar-refractivity contribution in [3.63, 3.8) is 0 Å². The van der Waals surface area contributed by atoms with E-state index in [4.69, 9.17) is 15.8 Å². The lowest BCUT2D eigenvalue weighted by atomic mass is 10.0. The first-order chi connectivity index (χ1) is 18.0. The van der Waals surface area contributed by atoms with Crippen molar-refractivity contribution in [3.05, 3.63) is 139 Å². The van der Waals surface area contributed by atoms with Crippen LogP contribution >= 0.6 is 11.6 Å². The van der Waals surface area contributed by atoms with Gasteiger partial charge < -0.3 is 9.08 Å². The fourth-order valence-electron chi connectivity index (χ4n) is 4.10. The summed E-state index contributed by atoms with van der Waals surface area (Å²) in [5, 5.41) is 0. The Labute approximate surface area is 222 Å². The van der Waals surface area contributed by atoms with Gasteiger partial charge in [0.1, 0.15) is 10.6 Å². The van der Waals surface area contributed by atoms with Gasteiger partial charge in [0.2, 0.25) is 0 Å². The summed E-state index contributed by atoms with van der Waals surface area (Å²) in [6.45, 7) is 0. The summed E-state index contributed by atoms with van der Waals surface area (Å²) < 4.78 is 31.1. The molecule has 0 unspecified atom stereocenters. The van der Waals surface area contributed by atoms with E-state index in [1.165, 1.54) is 12.1 Å². The maximum absolute atomic E-state index is 12.8. The second-order valence-electron chi connectivity index (χ2n) is 8.36. The molecule has 0 heterocycles. The number of hydrogen-bond acceptors (Lipinski definition) is 4. The van der Waals surface area contributed by atoms with Crippen molar-refractivity contribution >= 4 is 38.8 Å². The van der Waals surface area contributed by atoms with E-state index in [1.54, 1.807) is 24.3 Å². The minimum absolute atomic E-state index is 0.0864. The first-order valence-corrected chi connectivity index (χ1v) is 13.7. The van der Waals surface area contributed by atoms with Gasteiger partial charge in [0, 0.05) is 22.6 Å². The molecule has 0 radical (unpaired) electrons. The summed E-state index contributed by atoms with van der Waals surface area (Å²) in [5.41, 5.74) is 5.58. The van der Waals surface area contributed by atoms with Gasteiger partial charge in [-0.25, -0.2) is 0 Å². The quantitative estimate of drug-likeness (QED) is 0.151. The Morgan fingerprint density at radius 1 is 0.595 bits per heavy atom. The number of benzene rings is 5. The van der Waals surface area contributed by atoms with Crippen molar-refractivity contribution in [2.45, 2.75) is 10.8 Å². The Morgan fingerprint density at radius 2 is 1.11 bits per heavy atom. The standard InChI is InChI=1S/C31H24ClNO3S/c32-23-26-22-29(20-21-31(26)36-37(34,35)30-14-8-3-9-15-30)33(27-12-6-2-7-13-27)28-18-16-25(17-19-28)24-10-4-1-5-11-24/h1-22H,23H2. The van der Waals surface area contributed by atoms with E-state index < -0.39 is 10.1 Å². The number of nitrogens with zero attached hydrogens (tertiary/aromatic N) is 1. The smallest absolute Gasteiger partial charge is 0.339 e. The molecular formula is C31H24ClNO3S. The third-order valence-electron chi connectivity index (χ3n) is 5.92. The van der Waals surface area contributed by atoms with Crippen molar-refractivity contribution in [2.75, 3.05) is 4.90 Å². The topological polar surface area (TPSA) is 46.6 Å². The first kappa shape index (κ1) is 24.6. The molecule has 0 fully saturated rings. The summed E-state index contributed by atoms with van der Waals surface area (Å²) in [6.07, 6.45) is 0. The van der Waals surface area contributed by atoms with Crippen LogP contribution in [0.15, 0.2) is 138 Å². The predicted octanol–water partition coefficient (Wildman–Crippen LogP) is 8.33. The van der Waals surface area contributed by atoms with E-state index in [0.29, 0.717) is 5.56 Å². The summed E-state index contributed by atoms with van der Waals surface area (Å²) in [6, 6.07) is 41.9. The number of rotatable bonds is 8. The lowest BCUT2D eigenvalue weighted by Gasteiger charge is -2.26. The van der Waals surface area contributed by atoms with Crippen LogP contribution in [0.5, 0.6) is 5.75 Å². The lowest BCUT2D eigenvalue weighted by Crippen LogP contribution is -2.12. The van der Waals surface area contributed by atoms with Gasteiger partial charge in [0.05, 0.1) is 5.88 Å². The van der Waals surface area contributed by atoms with E-state index >= 15 is 0 Å². The van der Waals surface area contributed by atoms with Gasteiger partial charge in [0.15, 0.2) is 0 Å². The maximum Gasteiger partial charge on any atom is 0.339 e. The Bertz CT molecular complexity index is 1570. The van der Waals surface area contributed by atoms with Crippen LogP contribution < -0.4 is 9.08 Å². The molecule has 0 amide bonds. The molecule has 5 aromatic rings. The van der Waals surface area contributed by atoms with Gasteiger partial charge in [-0.1, -0.05) is 78.9 Å². The molecule has 0 atom stereocenters. The van der Waals surface area contributed by atoms with Crippen LogP contribution in [-0.4, -0.2) is 8.42 Å². The fraction of sp³-hybridized carbons (Fsp3) is 0.0323. The zero-order chi connectivity index (χ0) is 25.7. The Morgan fingerprint density at radius 3 is 1.73 bits per heavy atom. The van der Waals surface area contributed by atoms with Gasteiger partial charge in [0.25, 0.3) is 0 Å². The number of hydrogen-bond donors (Lipinski definition) is 0. The second-order valence-corrected chi connectivity index (χ2v) is 10.2. The third kappa shape index (κ3) is 5.53. The van der Waals surface area contributed by atoms with Crippen LogP contribution in [0.25, 0.3) is 11.1 Å². The van der Waals surface area contributed by atoms with Crippen molar-refractivity contribution in [1.29, 1.82) is 0 Å². The van der Waals surface area contributed by atoms with Crippen molar-refractivity contribution in [3.8, 4) is 16.9 Å². The largest absolute Gasteiger partial charge is 0.379 e. The zero-order valence-corrected chi connectivity index (χ0v) is 21.4. The molecule has 0 aliphatic rings. The molecule has 0 bridgehead atoms. The molecular weight excluding hydrogens is 502 g/mol. The highest BCUT2D eigenvalue weighted by Gasteiger charge is 2.20. The Kier molecular flexibility index (Phi) is 7.26. The molecule has 0 saturated heterocycles. The molecule has 0 saturated carbocycles. The molecule has 0 aliphatic heterocycles. The summed E-state index contributed by atoms with van der Waals surface area (Å²) >= 11 is 6.27. The predicted molar refractivity (Wildman–Crippen MR) is 150 cm³/mol. The average Bonchev–Trinajstić information content (AvgIpc) is 2.96. The Balaban J connectivity index is 1.52. The molecule has 0 aliphatic carbocycles. The van der Waals surface area contributed by atoms with E-state index in [1.807, 2.05) is 60.7 Å². The maximum atomic E-state index is 12.8. The molecule has 4 nitrogen and oxygen atoms in total. The normalized spacial score (nSPS) is 11.2. The van der Waals surface area contributed by atoms with Gasteiger partial charge in [-0.05, 0) is 65.7 Å². The summed E-state index contributed by atoms with van der Waals surface area (Å²) in [5.74, 6) is 0.290. The zero-order valence-electron chi connectivity index (χ0n) is 19.9. The van der Waals surface area contributed by atoms with Crippen LogP contribution in [0.1, 0.15) is 5.56 Å². The molecule has 0 aromatic heterocycles. The number of anilines is 3. The highest BCUT2D eigenvalue weighted by Crippen LogP contribution is 2.38. The van der Waals surface area contributed by atoms with Gasteiger partial charge >= 0.3 is 10.1 Å². The molecule has 184 valence electrons. The van der Waals surface area contributed by atoms with Crippen molar-refractivity contribution in [2.24, 2.45) is 0 Å². The lowest BCUT2D eigenvalue weighted by molar-refractivity contribution is 0.484. The van der Waals surface area contributed by atoms with Crippen LogP contribution in [0.3, 0.4) is 0 Å². The van der Waals surface area contributed by atoms with E-state index in [2.05, 4.69) is 41.3 Å². The molecule has 5 aromatic carbocycles. The highest BCUT2D eigenvalue weighted by atomic mass is 35.5. The monoisotopic (exact) mass is 525 g/mol. The third-order valence-corrected chi connectivity index (χ3v) is 7.46. The SMILES string of the molecule is O=S(=O)(Oc1ccc(N(c2ccccc2)c2ccc(-c3ccccc3)cc2)cc1CCl)c1ccccc1. The average molecular weight is 526 g/mol. The van der Waals surface area contributed by atoms with Gasteiger partial charge in [-0.15, -0.1) is 11.6 Å². The van der Waals surface area contributed by atoms with Crippen LogP contribution in [-0.2, 0) is 16.0 Å². The fourth-order valence-corrected chi connectivity index (χ4v) is 5.30. The Hall–Kier alpha value is -4.06. The van der Waals surface area contributed by atoms with E-state index in [-0.39, 0.29) is 16.5 Å². The molecule has 37 heavy (non-hydrogen) atoms. The van der Waals surface area contributed by atoms with Gasteiger partial charge in [-0.2, -0.15) is 8.42 Å². The number of halogens is 1. The molecule has 6 heteroatoms. The number of para-hydroxylation sites is 1. The molecule has 0 spiro atoms. The van der Waals surface area contributed by atoms with Gasteiger partial charge in [-0.3, -0.25) is 0 Å². The van der Waals surface area contributed by atoms with Crippen LogP contribution in [0.4, 0.5) is 17.1 Å². The summed E-state index contributed by atoms with van der Waals surface area (Å²) in [7, 11) is -3.99. The van der Waals surface area contributed by atoms with Crippen LogP contribution in [0, 0.1) is 0 Å². The number of alkyl halides is 1. The second kappa shape index (κ2) is 10.9. The van der Waals surface area contributed by atoms with Crippen LogP contribution in [0.2, 0.25) is 0 Å². The minimum Gasteiger partial charge on any atom is -0.379 e. The molecule has 5 rings (SSSR count).